The number of aromatic nitrogens is 1. The Labute approximate surface area is 137 Å². The van der Waals surface area contributed by atoms with Gasteiger partial charge in [-0.25, -0.2) is 4.98 Å². The molecule has 0 amide bonds. The molecule has 1 unspecified atom stereocenters. The van der Waals surface area contributed by atoms with Crippen LogP contribution in [-0.4, -0.2) is 10.9 Å². The van der Waals surface area contributed by atoms with Crippen LogP contribution in [0.1, 0.15) is 11.1 Å². The molecule has 5 heteroatoms. The van der Waals surface area contributed by atoms with Crippen LogP contribution in [0.4, 0.5) is 5.69 Å². The lowest BCUT2D eigenvalue weighted by Gasteiger charge is -2.10. The van der Waals surface area contributed by atoms with Crippen molar-refractivity contribution in [2.24, 2.45) is 0 Å². The van der Waals surface area contributed by atoms with Crippen molar-refractivity contribution in [1.82, 2.24) is 4.98 Å². The number of nitrogen functional groups attached to an aromatic ring is 1. The maximum absolute atomic E-state index is 9.30. The van der Waals surface area contributed by atoms with Crippen LogP contribution < -0.4 is 10.5 Å². The zero-order valence-electron chi connectivity index (χ0n) is 12.4. The van der Waals surface area contributed by atoms with Gasteiger partial charge < -0.3 is 10.5 Å². The standard InChI is InChI=1S/C18H15N3OS/c1-23-8-2-3-17(23)10-14-9-16(6-4-13(14)11-19)22-18-7-5-15(20)12-21-18/h2-9,12H,1,10,20H2. The summed E-state index contributed by atoms with van der Waals surface area (Å²) in [4.78, 5) is 5.33. The molecule has 2 N–H and O–H groups in total. The fourth-order valence-corrected chi connectivity index (χ4v) is 3.25. The van der Waals surface area contributed by atoms with Gasteiger partial charge in [0.05, 0.1) is 23.5 Å². The zero-order chi connectivity index (χ0) is 16.2. The molecule has 0 spiro atoms. The molecular formula is C18H15N3OS. The quantitative estimate of drug-likeness (QED) is 0.865. The maximum atomic E-state index is 9.30. The summed E-state index contributed by atoms with van der Waals surface area (Å²) < 4.78 is 5.74. The third kappa shape index (κ3) is 3.50. The number of rotatable bonds is 4. The molecule has 0 fully saturated rings. The predicted octanol–water partition coefficient (Wildman–Crippen LogP) is 3.98. The fraction of sp³-hybridized carbons (Fsp3) is 0.0556. The van der Waals surface area contributed by atoms with Gasteiger partial charge in [0.15, 0.2) is 0 Å². The average molecular weight is 321 g/mol. The molecule has 1 aliphatic heterocycles. The SMILES string of the molecule is C=S1C=CC=C1Cc1cc(Oc2ccc(N)cn2)ccc1C#N. The highest BCUT2D eigenvalue weighted by Gasteiger charge is 2.10. The van der Waals surface area contributed by atoms with E-state index < -0.39 is 0 Å². The summed E-state index contributed by atoms with van der Waals surface area (Å²) in [6.45, 7) is 0. The number of nitrogens with two attached hydrogens (primary N) is 1. The summed E-state index contributed by atoms with van der Waals surface area (Å²) in [6, 6.07) is 11.1. The van der Waals surface area contributed by atoms with E-state index in [1.807, 2.05) is 12.1 Å². The van der Waals surface area contributed by atoms with E-state index in [-0.39, 0.29) is 10.5 Å². The third-order valence-corrected chi connectivity index (χ3v) is 4.84. The van der Waals surface area contributed by atoms with Crippen LogP contribution in [0.25, 0.3) is 0 Å². The number of hydrogen-bond acceptors (Lipinski definition) is 4. The summed E-state index contributed by atoms with van der Waals surface area (Å²) in [7, 11) is -0.114. The van der Waals surface area contributed by atoms with E-state index in [0.717, 1.165) is 5.56 Å². The van der Waals surface area contributed by atoms with Gasteiger partial charge in [0.1, 0.15) is 5.75 Å². The molecule has 0 aliphatic carbocycles. The molecule has 114 valence electrons. The van der Waals surface area contributed by atoms with E-state index in [4.69, 9.17) is 10.5 Å². The first-order valence-corrected chi connectivity index (χ1v) is 8.44. The van der Waals surface area contributed by atoms with Crippen LogP contribution >= 0.6 is 10.5 Å². The van der Waals surface area contributed by atoms with Gasteiger partial charge in [0.25, 0.3) is 0 Å². The van der Waals surface area contributed by atoms with Crippen molar-refractivity contribution in [2.75, 3.05) is 5.73 Å². The second-order valence-corrected chi connectivity index (χ2v) is 6.68. The normalized spacial score (nSPS) is 16.0. The van der Waals surface area contributed by atoms with Gasteiger partial charge in [-0.2, -0.15) is 5.26 Å². The number of pyridine rings is 1. The van der Waals surface area contributed by atoms with Gasteiger partial charge >= 0.3 is 0 Å². The Morgan fingerprint density at radius 3 is 2.83 bits per heavy atom. The molecule has 0 bridgehead atoms. The van der Waals surface area contributed by atoms with Crippen LogP contribution in [0.15, 0.2) is 59.0 Å². The number of nitrogens with zero attached hydrogens (tertiary/aromatic N) is 2. The second kappa shape index (κ2) is 6.51. The highest BCUT2D eigenvalue weighted by molar-refractivity contribution is 8.20. The van der Waals surface area contributed by atoms with Crippen LogP contribution in [0.3, 0.4) is 0 Å². The first kappa shape index (κ1) is 15.1. The number of anilines is 1. The molecule has 1 aliphatic rings. The Balaban J connectivity index is 1.85. The molecule has 2 heterocycles. The molecule has 4 nitrogen and oxygen atoms in total. The highest BCUT2D eigenvalue weighted by Crippen LogP contribution is 2.34. The molecular weight excluding hydrogens is 306 g/mol. The molecule has 1 aromatic carbocycles. The largest absolute Gasteiger partial charge is 0.439 e. The number of ether oxygens (including phenoxy) is 1. The van der Waals surface area contributed by atoms with Crippen molar-refractivity contribution in [2.45, 2.75) is 6.42 Å². The Morgan fingerprint density at radius 2 is 2.17 bits per heavy atom. The van der Waals surface area contributed by atoms with Crippen molar-refractivity contribution >= 4 is 22.0 Å². The molecule has 23 heavy (non-hydrogen) atoms. The molecule has 1 aromatic heterocycles. The van der Waals surface area contributed by atoms with Crippen molar-refractivity contribution in [3.63, 3.8) is 0 Å². The number of nitriles is 1. The molecule has 1 atom stereocenters. The van der Waals surface area contributed by atoms with Crippen molar-refractivity contribution < 1.29 is 4.74 Å². The monoisotopic (exact) mass is 321 g/mol. The Kier molecular flexibility index (Phi) is 4.26. The minimum atomic E-state index is -0.114. The minimum absolute atomic E-state index is 0.114. The number of benzene rings is 1. The zero-order valence-corrected chi connectivity index (χ0v) is 13.2. The van der Waals surface area contributed by atoms with Crippen LogP contribution in [0, 0.1) is 11.3 Å². The van der Waals surface area contributed by atoms with Gasteiger partial charge in [-0.05, 0) is 40.1 Å². The minimum Gasteiger partial charge on any atom is -0.439 e. The smallest absolute Gasteiger partial charge is 0.219 e. The highest BCUT2D eigenvalue weighted by atomic mass is 32.2. The first-order valence-electron chi connectivity index (χ1n) is 6.98. The molecule has 0 radical (unpaired) electrons. The second-order valence-electron chi connectivity index (χ2n) is 5.03. The van der Waals surface area contributed by atoms with E-state index in [0.29, 0.717) is 29.3 Å². The lowest BCUT2D eigenvalue weighted by Crippen LogP contribution is -1.95. The Hall–Kier alpha value is -2.84. The average Bonchev–Trinajstić information content (AvgIpc) is 2.95. The van der Waals surface area contributed by atoms with E-state index in [9.17, 15) is 5.26 Å². The van der Waals surface area contributed by atoms with Gasteiger partial charge in [0.2, 0.25) is 5.88 Å². The van der Waals surface area contributed by atoms with E-state index in [1.165, 1.54) is 4.91 Å². The Morgan fingerprint density at radius 1 is 1.30 bits per heavy atom. The summed E-state index contributed by atoms with van der Waals surface area (Å²) in [5, 5.41) is 11.4. The molecule has 0 saturated carbocycles. The van der Waals surface area contributed by atoms with Gasteiger partial charge in [-0.1, -0.05) is 18.0 Å². The summed E-state index contributed by atoms with van der Waals surface area (Å²) in [5.41, 5.74) is 7.77. The molecule has 3 rings (SSSR count). The van der Waals surface area contributed by atoms with Gasteiger partial charge in [-0.3, -0.25) is 0 Å². The van der Waals surface area contributed by atoms with E-state index in [1.54, 1.807) is 30.5 Å². The van der Waals surface area contributed by atoms with Crippen LogP contribution in [0.2, 0.25) is 0 Å². The first-order chi connectivity index (χ1) is 11.2. The molecule has 2 aromatic rings. The van der Waals surface area contributed by atoms with Crippen LogP contribution in [0.5, 0.6) is 11.6 Å². The van der Waals surface area contributed by atoms with Crippen molar-refractivity contribution in [1.29, 1.82) is 5.26 Å². The molecule has 0 saturated heterocycles. The summed E-state index contributed by atoms with van der Waals surface area (Å²) >= 11 is 0. The van der Waals surface area contributed by atoms with Crippen LogP contribution in [-0.2, 0) is 6.42 Å². The van der Waals surface area contributed by atoms with E-state index >= 15 is 0 Å². The fourth-order valence-electron chi connectivity index (χ4n) is 2.22. The predicted molar refractivity (Wildman–Crippen MR) is 95.5 cm³/mol. The third-order valence-electron chi connectivity index (χ3n) is 3.41. The van der Waals surface area contributed by atoms with Gasteiger partial charge in [-0.15, -0.1) is 10.5 Å². The lowest BCUT2D eigenvalue weighted by molar-refractivity contribution is 0.462. The van der Waals surface area contributed by atoms with E-state index in [2.05, 4.69) is 28.4 Å². The number of hydrogen-bond donors (Lipinski definition) is 1. The summed E-state index contributed by atoms with van der Waals surface area (Å²) in [6.07, 6.45) is 6.31. The topological polar surface area (TPSA) is 71.9 Å². The lowest BCUT2D eigenvalue weighted by atomic mass is 10.0. The van der Waals surface area contributed by atoms with Gasteiger partial charge in [0, 0.05) is 12.5 Å². The van der Waals surface area contributed by atoms with Crippen molar-refractivity contribution in [3.8, 4) is 17.7 Å². The summed E-state index contributed by atoms with van der Waals surface area (Å²) in [5.74, 6) is 5.22. The number of allylic oxidation sites excluding steroid dienone is 3. The van der Waals surface area contributed by atoms with Crippen molar-refractivity contribution in [3.05, 3.63) is 70.1 Å². The Bertz CT molecular complexity index is 861. The maximum Gasteiger partial charge on any atom is 0.219 e.